The van der Waals surface area contributed by atoms with Gasteiger partial charge in [0.1, 0.15) is 12.4 Å². The molecule has 7 nitrogen and oxygen atoms in total. The lowest BCUT2D eigenvalue weighted by Crippen LogP contribution is -2.25. The molecule has 1 aromatic heterocycles. The van der Waals surface area contributed by atoms with E-state index in [4.69, 9.17) is 4.74 Å². The fourth-order valence-corrected chi connectivity index (χ4v) is 2.46. The number of allylic oxidation sites excluding steroid dienone is 1. The van der Waals surface area contributed by atoms with Gasteiger partial charge in [-0.05, 0) is 19.1 Å². The van der Waals surface area contributed by atoms with Crippen molar-refractivity contribution in [3.8, 4) is 11.5 Å². The second-order valence-electron chi connectivity index (χ2n) is 5.21. The Hall–Kier alpha value is -3.10. The Balaban J connectivity index is 1.61. The van der Waals surface area contributed by atoms with Crippen LogP contribution in [-0.4, -0.2) is 28.8 Å². The number of aromatic nitrogens is 2. The molecular weight excluding hydrogens is 324 g/mol. The highest BCUT2D eigenvalue weighted by Crippen LogP contribution is 2.42. The van der Waals surface area contributed by atoms with E-state index in [-0.39, 0.29) is 17.4 Å². The van der Waals surface area contributed by atoms with Gasteiger partial charge in [-0.1, -0.05) is 0 Å². The summed E-state index contributed by atoms with van der Waals surface area (Å²) in [6.45, 7) is 2.11. The first-order valence-corrected chi connectivity index (χ1v) is 7.02. The van der Waals surface area contributed by atoms with Gasteiger partial charge in [-0.25, -0.2) is 4.98 Å². The van der Waals surface area contributed by atoms with Gasteiger partial charge in [-0.2, -0.15) is 0 Å². The van der Waals surface area contributed by atoms with Crippen LogP contribution in [0.3, 0.4) is 0 Å². The van der Waals surface area contributed by atoms with Crippen LogP contribution in [0.1, 0.15) is 6.92 Å². The number of alkyl halides is 2. The smallest absolute Gasteiger partial charge is 0.493 e. The van der Waals surface area contributed by atoms with Gasteiger partial charge in [0.2, 0.25) is 5.95 Å². The molecule has 0 spiro atoms. The van der Waals surface area contributed by atoms with Crippen LogP contribution in [0.5, 0.6) is 11.5 Å². The number of benzene rings is 1. The van der Waals surface area contributed by atoms with Crippen molar-refractivity contribution in [3.05, 3.63) is 35.6 Å². The number of carbonyl (C=O) groups excluding carboxylic acids is 1. The molecule has 2 aromatic rings. The lowest BCUT2D eigenvalue weighted by molar-refractivity contribution is -0.286. The third-order valence-corrected chi connectivity index (χ3v) is 3.54. The monoisotopic (exact) mass is 335 g/mol. The number of hydrogen-bond donors (Lipinski definition) is 2. The minimum absolute atomic E-state index is 0.101. The van der Waals surface area contributed by atoms with Crippen LogP contribution in [-0.2, 0) is 9.53 Å². The number of rotatable bonds is 2. The van der Waals surface area contributed by atoms with Gasteiger partial charge in [0, 0.05) is 12.1 Å². The lowest BCUT2D eigenvalue weighted by Gasteiger charge is -2.12. The summed E-state index contributed by atoms with van der Waals surface area (Å²) in [5.74, 6) is 0.0724. The lowest BCUT2D eigenvalue weighted by atomic mass is 10.2. The summed E-state index contributed by atoms with van der Waals surface area (Å²) in [5.41, 5.74) is 1.16. The molecule has 124 valence electrons. The maximum atomic E-state index is 13.0. The van der Waals surface area contributed by atoms with Crippen LogP contribution >= 0.6 is 0 Å². The molecule has 0 fully saturated rings. The predicted molar refractivity (Wildman–Crippen MR) is 78.7 cm³/mol. The number of H-pyrrole nitrogens is 1. The van der Waals surface area contributed by atoms with E-state index in [9.17, 15) is 13.6 Å². The van der Waals surface area contributed by atoms with E-state index in [2.05, 4.69) is 24.8 Å². The number of amides is 1. The Morgan fingerprint density at radius 2 is 2.08 bits per heavy atom. The quantitative estimate of drug-likeness (QED) is 0.881. The highest BCUT2D eigenvalue weighted by atomic mass is 19.3. The van der Waals surface area contributed by atoms with E-state index in [1.807, 2.05) is 0 Å². The van der Waals surface area contributed by atoms with E-state index in [1.165, 1.54) is 12.1 Å². The molecule has 0 saturated heterocycles. The van der Waals surface area contributed by atoms with Gasteiger partial charge >= 0.3 is 6.29 Å². The fraction of sp³-hybridized carbons (Fsp3) is 0.200. The minimum Gasteiger partial charge on any atom is -0.493 e. The highest BCUT2D eigenvalue weighted by molar-refractivity contribution is 6.05. The maximum Gasteiger partial charge on any atom is 0.586 e. The number of fused-ring (bicyclic) bond motifs is 2. The van der Waals surface area contributed by atoms with Crippen LogP contribution in [0.25, 0.3) is 11.0 Å². The van der Waals surface area contributed by atoms with Crippen molar-refractivity contribution in [3.63, 3.8) is 0 Å². The second-order valence-corrected chi connectivity index (χ2v) is 5.21. The molecular formula is C15H11F2N3O4. The Labute approximate surface area is 133 Å². The molecule has 1 aromatic carbocycles. The number of nitrogens with zero attached hydrogens (tertiary/aromatic N) is 1. The van der Waals surface area contributed by atoms with Crippen molar-refractivity contribution >= 4 is 22.9 Å². The Bertz CT molecular complexity index is 872. The Kier molecular flexibility index (Phi) is 2.99. The van der Waals surface area contributed by atoms with Crippen molar-refractivity contribution in [1.82, 2.24) is 9.97 Å². The van der Waals surface area contributed by atoms with E-state index in [1.54, 1.807) is 19.1 Å². The Morgan fingerprint density at radius 3 is 2.83 bits per heavy atom. The van der Waals surface area contributed by atoms with Gasteiger partial charge in [0.15, 0.2) is 11.5 Å². The highest BCUT2D eigenvalue weighted by Gasteiger charge is 2.43. The first kappa shape index (κ1) is 14.5. The number of ether oxygens (including phenoxy) is 3. The summed E-state index contributed by atoms with van der Waals surface area (Å²) in [4.78, 5) is 19.2. The van der Waals surface area contributed by atoms with Crippen molar-refractivity contribution in [1.29, 1.82) is 0 Å². The minimum atomic E-state index is -3.69. The SMILES string of the molecule is CC1=C(C(=O)Nc2nc3cc4c(cc3[nH]2)OC(F)(F)O4)C=CCO1. The van der Waals surface area contributed by atoms with Gasteiger partial charge in [0.25, 0.3) is 5.91 Å². The molecule has 0 saturated carbocycles. The third-order valence-electron chi connectivity index (χ3n) is 3.54. The molecule has 2 aliphatic rings. The predicted octanol–water partition coefficient (Wildman–Crippen LogP) is 2.68. The normalized spacial score (nSPS) is 18.0. The molecule has 2 aliphatic heterocycles. The molecule has 0 bridgehead atoms. The van der Waals surface area contributed by atoms with E-state index in [0.717, 1.165) is 0 Å². The van der Waals surface area contributed by atoms with E-state index >= 15 is 0 Å². The van der Waals surface area contributed by atoms with Crippen molar-refractivity contribution in [2.45, 2.75) is 13.2 Å². The summed E-state index contributed by atoms with van der Waals surface area (Å²) in [6.07, 6.45) is -0.301. The summed E-state index contributed by atoms with van der Waals surface area (Å²) in [6, 6.07) is 2.65. The van der Waals surface area contributed by atoms with Crippen molar-refractivity contribution in [2.24, 2.45) is 0 Å². The zero-order chi connectivity index (χ0) is 16.9. The number of halogens is 2. The average molecular weight is 335 g/mol. The first-order chi connectivity index (χ1) is 11.4. The number of imidazole rings is 1. The number of aromatic amines is 1. The Morgan fingerprint density at radius 1 is 1.33 bits per heavy atom. The van der Waals surface area contributed by atoms with Gasteiger partial charge in [-0.3, -0.25) is 10.1 Å². The molecule has 0 atom stereocenters. The zero-order valence-electron chi connectivity index (χ0n) is 12.4. The maximum absolute atomic E-state index is 13.0. The molecule has 24 heavy (non-hydrogen) atoms. The molecule has 9 heteroatoms. The summed E-state index contributed by atoms with van der Waals surface area (Å²) in [7, 11) is 0. The largest absolute Gasteiger partial charge is 0.586 e. The zero-order valence-corrected chi connectivity index (χ0v) is 12.4. The number of nitrogens with one attached hydrogen (secondary N) is 2. The molecule has 0 radical (unpaired) electrons. The topological polar surface area (TPSA) is 85.5 Å². The van der Waals surface area contributed by atoms with Crippen LogP contribution in [0.15, 0.2) is 35.6 Å². The molecule has 3 heterocycles. The van der Waals surface area contributed by atoms with Crippen LogP contribution in [0, 0.1) is 0 Å². The van der Waals surface area contributed by atoms with Crippen LogP contribution < -0.4 is 14.8 Å². The molecule has 0 unspecified atom stereocenters. The van der Waals surface area contributed by atoms with Crippen LogP contribution in [0.4, 0.5) is 14.7 Å². The fourth-order valence-electron chi connectivity index (χ4n) is 2.46. The van der Waals surface area contributed by atoms with Gasteiger partial charge in [0.05, 0.1) is 16.6 Å². The number of carbonyl (C=O) groups is 1. The van der Waals surface area contributed by atoms with Gasteiger partial charge in [-0.15, -0.1) is 8.78 Å². The number of anilines is 1. The number of hydrogen-bond acceptors (Lipinski definition) is 5. The van der Waals surface area contributed by atoms with Gasteiger partial charge < -0.3 is 19.2 Å². The van der Waals surface area contributed by atoms with Crippen LogP contribution in [0.2, 0.25) is 0 Å². The van der Waals surface area contributed by atoms with E-state index < -0.39 is 12.2 Å². The standard InChI is InChI=1S/C15H11F2N3O4/c1-7-8(3-2-4-22-7)13(21)20-14-18-9-5-11-12(6-10(9)19-14)24-15(16,17)23-11/h2-3,5-6H,4H2,1H3,(H2,18,19,20,21). The first-order valence-electron chi connectivity index (χ1n) is 7.02. The van der Waals surface area contributed by atoms with E-state index in [0.29, 0.717) is 29.0 Å². The van der Waals surface area contributed by atoms with Crippen molar-refractivity contribution in [2.75, 3.05) is 11.9 Å². The molecule has 1 amide bonds. The summed E-state index contributed by atoms with van der Waals surface area (Å²) in [5, 5.41) is 2.60. The summed E-state index contributed by atoms with van der Waals surface area (Å²) < 4.78 is 40.1. The molecule has 4 rings (SSSR count). The third kappa shape index (κ3) is 2.43. The van der Waals surface area contributed by atoms with Crippen molar-refractivity contribution < 1.29 is 27.8 Å². The molecule has 0 aliphatic carbocycles. The molecule has 2 N–H and O–H groups in total. The summed E-state index contributed by atoms with van der Waals surface area (Å²) >= 11 is 0. The average Bonchev–Trinajstić information content (AvgIpc) is 3.01. The second kappa shape index (κ2) is 4.95.